The van der Waals surface area contributed by atoms with Gasteiger partial charge in [-0.2, -0.15) is 0 Å². The molecule has 23 heavy (non-hydrogen) atoms. The Morgan fingerprint density at radius 3 is 2.96 bits per heavy atom. The Balaban J connectivity index is 1.69. The number of hydrogen-bond acceptors (Lipinski definition) is 6. The molecule has 1 atom stereocenters. The van der Waals surface area contributed by atoms with E-state index in [1.54, 1.807) is 30.5 Å². The Morgan fingerprint density at radius 1 is 1.43 bits per heavy atom. The van der Waals surface area contributed by atoms with Crippen LogP contribution in [0.15, 0.2) is 23.7 Å². The Bertz CT molecular complexity index is 604. The molecular weight excluding hydrogens is 294 g/mol. The molecule has 7 heteroatoms. The average Bonchev–Trinajstić information content (AvgIpc) is 2.97. The van der Waals surface area contributed by atoms with E-state index < -0.39 is 5.60 Å². The van der Waals surface area contributed by atoms with Crippen molar-refractivity contribution in [1.82, 2.24) is 14.9 Å². The van der Waals surface area contributed by atoms with E-state index in [0.717, 1.165) is 25.2 Å². The largest absolute Gasteiger partial charge is 0.386 e. The minimum Gasteiger partial charge on any atom is -0.386 e. The minimum absolute atomic E-state index is 0.0477. The Kier molecular flexibility index (Phi) is 4.19. The maximum Gasteiger partial charge on any atom is 0.271 e. The monoisotopic (exact) mass is 317 g/mol. The van der Waals surface area contributed by atoms with Crippen molar-refractivity contribution >= 4 is 17.4 Å². The summed E-state index contributed by atoms with van der Waals surface area (Å²) < 4.78 is 0. The first-order valence-corrected chi connectivity index (χ1v) is 8.04. The lowest BCUT2D eigenvalue weighted by molar-refractivity contribution is -0.124. The number of carbonyl (C=O) groups excluding carboxylic acids is 1. The molecule has 0 saturated carbocycles. The van der Waals surface area contributed by atoms with Crippen molar-refractivity contribution in [3.63, 3.8) is 0 Å². The van der Waals surface area contributed by atoms with Crippen LogP contribution in [0.2, 0.25) is 0 Å². The lowest BCUT2D eigenvalue weighted by Crippen LogP contribution is -2.49. The predicted octanol–water partition coefficient (Wildman–Crippen LogP) is 1.46. The normalized spacial score (nSPS) is 23.8. The molecule has 1 saturated heterocycles. The minimum atomic E-state index is -0.418. The van der Waals surface area contributed by atoms with Crippen LogP contribution in [-0.2, 0) is 9.63 Å². The van der Waals surface area contributed by atoms with Crippen molar-refractivity contribution in [3.8, 4) is 0 Å². The highest BCUT2D eigenvalue weighted by molar-refractivity contribution is 6.39. The number of carbonyl (C=O) groups is 1. The summed E-state index contributed by atoms with van der Waals surface area (Å²) in [6.07, 6.45) is 7.54. The van der Waals surface area contributed by atoms with E-state index in [1.807, 2.05) is 13.8 Å². The Morgan fingerprint density at radius 2 is 2.26 bits per heavy atom. The summed E-state index contributed by atoms with van der Waals surface area (Å²) in [4.78, 5) is 30.5. The van der Waals surface area contributed by atoms with Gasteiger partial charge in [0.1, 0.15) is 11.5 Å². The zero-order chi connectivity index (χ0) is 16.4. The summed E-state index contributed by atoms with van der Waals surface area (Å²) in [6.45, 7) is 5.57. The molecule has 0 radical (unpaired) electrons. The second-order valence-electron chi connectivity index (χ2n) is 6.59. The number of aromatic nitrogens is 2. The van der Waals surface area contributed by atoms with Crippen LogP contribution in [0, 0.1) is 0 Å². The molecule has 0 bridgehead atoms. The smallest absolute Gasteiger partial charge is 0.271 e. The van der Waals surface area contributed by atoms with E-state index in [0.29, 0.717) is 18.7 Å². The maximum absolute atomic E-state index is 12.4. The van der Waals surface area contributed by atoms with Crippen LogP contribution in [0.5, 0.6) is 0 Å². The molecule has 7 nitrogen and oxygen atoms in total. The third-order valence-corrected chi connectivity index (χ3v) is 4.59. The van der Waals surface area contributed by atoms with Gasteiger partial charge in [0.15, 0.2) is 5.60 Å². The highest BCUT2D eigenvalue weighted by Crippen LogP contribution is 2.35. The number of rotatable bonds is 3. The van der Waals surface area contributed by atoms with Crippen molar-refractivity contribution in [2.75, 3.05) is 25.0 Å². The fraction of sp³-hybridized carbons (Fsp3) is 0.625. The molecule has 0 N–H and O–H groups in total. The Hall–Kier alpha value is -2.18. The average molecular weight is 317 g/mol. The SMILES string of the molecule is CC(C)N(C)C(=O)C1=NO[C@@]2(CCCN(c3cnccn3)C2)C1. The lowest BCUT2D eigenvalue weighted by Gasteiger charge is -2.38. The van der Waals surface area contributed by atoms with Crippen molar-refractivity contribution in [2.24, 2.45) is 5.16 Å². The number of anilines is 1. The van der Waals surface area contributed by atoms with Gasteiger partial charge >= 0.3 is 0 Å². The van der Waals surface area contributed by atoms with Crippen LogP contribution in [0.25, 0.3) is 0 Å². The van der Waals surface area contributed by atoms with Crippen molar-refractivity contribution < 1.29 is 9.63 Å². The first-order valence-electron chi connectivity index (χ1n) is 8.04. The maximum atomic E-state index is 12.4. The second-order valence-corrected chi connectivity index (χ2v) is 6.59. The first kappa shape index (κ1) is 15.7. The molecule has 0 aromatic carbocycles. The summed E-state index contributed by atoms with van der Waals surface area (Å²) in [5.41, 5.74) is 0.0979. The fourth-order valence-corrected chi connectivity index (χ4v) is 3.04. The van der Waals surface area contributed by atoms with E-state index in [9.17, 15) is 4.79 Å². The van der Waals surface area contributed by atoms with Gasteiger partial charge in [0.25, 0.3) is 5.91 Å². The zero-order valence-electron chi connectivity index (χ0n) is 13.9. The molecular formula is C16H23N5O2. The highest BCUT2D eigenvalue weighted by Gasteiger charge is 2.45. The summed E-state index contributed by atoms with van der Waals surface area (Å²) in [7, 11) is 1.80. The van der Waals surface area contributed by atoms with Crippen molar-refractivity contribution in [1.29, 1.82) is 0 Å². The number of hydrogen-bond donors (Lipinski definition) is 0. The molecule has 3 heterocycles. The van der Waals surface area contributed by atoms with Crippen molar-refractivity contribution in [3.05, 3.63) is 18.6 Å². The highest BCUT2D eigenvalue weighted by atomic mass is 16.7. The van der Waals surface area contributed by atoms with E-state index in [4.69, 9.17) is 4.84 Å². The number of amides is 1. The number of oxime groups is 1. The van der Waals surface area contributed by atoms with Gasteiger partial charge in [-0.15, -0.1) is 0 Å². The molecule has 124 valence electrons. The van der Waals surface area contributed by atoms with Gasteiger partial charge in [0.2, 0.25) is 0 Å². The van der Waals surface area contributed by atoms with Gasteiger partial charge in [0.05, 0.1) is 12.7 Å². The van der Waals surface area contributed by atoms with Gasteiger partial charge in [-0.25, -0.2) is 4.98 Å². The van der Waals surface area contributed by atoms with E-state index in [1.165, 1.54) is 0 Å². The van der Waals surface area contributed by atoms with Crippen molar-refractivity contribution in [2.45, 2.75) is 44.8 Å². The number of piperidine rings is 1. The quantitative estimate of drug-likeness (QED) is 0.844. The molecule has 0 unspecified atom stereocenters. The lowest BCUT2D eigenvalue weighted by atomic mass is 9.88. The van der Waals surface area contributed by atoms with Gasteiger partial charge in [-0.1, -0.05) is 5.16 Å². The molecule has 1 amide bonds. The van der Waals surface area contributed by atoms with E-state index >= 15 is 0 Å². The van der Waals surface area contributed by atoms with Crippen LogP contribution in [0.4, 0.5) is 5.82 Å². The molecule has 2 aliphatic heterocycles. The number of nitrogens with zero attached hydrogens (tertiary/aromatic N) is 5. The molecule has 1 spiro atoms. The molecule has 1 fully saturated rings. The van der Waals surface area contributed by atoms with Crippen LogP contribution in [0.1, 0.15) is 33.1 Å². The summed E-state index contributed by atoms with van der Waals surface area (Å²) >= 11 is 0. The van der Waals surface area contributed by atoms with Gasteiger partial charge in [-0.05, 0) is 26.7 Å². The molecule has 1 aromatic rings. The van der Waals surface area contributed by atoms with Crippen LogP contribution in [-0.4, -0.2) is 58.3 Å². The predicted molar refractivity (Wildman–Crippen MR) is 87.3 cm³/mol. The second kappa shape index (κ2) is 6.14. The summed E-state index contributed by atoms with van der Waals surface area (Å²) in [5.74, 6) is 0.794. The summed E-state index contributed by atoms with van der Waals surface area (Å²) in [5, 5.41) is 4.11. The van der Waals surface area contributed by atoms with Crippen LogP contribution >= 0.6 is 0 Å². The third-order valence-electron chi connectivity index (χ3n) is 4.59. The van der Waals surface area contributed by atoms with Crippen LogP contribution in [0.3, 0.4) is 0 Å². The van der Waals surface area contributed by atoms with Gasteiger partial charge in [-0.3, -0.25) is 9.78 Å². The topological polar surface area (TPSA) is 70.9 Å². The molecule has 0 aliphatic carbocycles. The zero-order valence-corrected chi connectivity index (χ0v) is 13.9. The van der Waals surface area contributed by atoms with E-state index in [2.05, 4.69) is 20.0 Å². The summed E-state index contributed by atoms with van der Waals surface area (Å²) in [6, 6.07) is 0.143. The molecule has 2 aliphatic rings. The van der Waals surface area contributed by atoms with Crippen LogP contribution < -0.4 is 4.90 Å². The van der Waals surface area contributed by atoms with Gasteiger partial charge < -0.3 is 14.6 Å². The van der Waals surface area contributed by atoms with Gasteiger partial charge in [0, 0.05) is 38.4 Å². The third kappa shape index (κ3) is 3.13. The Labute approximate surface area is 136 Å². The molecule has 3 rings (SSSR count). The molecule has 1 aromatic heterocycles. The fourth-order valence-electron chi connectivity index (χ4n) is 3.04. The standard InChI is InChI=1S/C16H23N5O2/c1-12(2)20(3)15(22)13-9-16(23-19-13)5-4-8-21(11-16)14-10-17-6-7-18-14/h6-7,10,12H,4-5,8-9,11H2,1-3H3/t16-/m0/s1. The first-order chi connectivity index (χ1) is 11.0. The van der Waals surface area contributed by atoms with E-state index in [-0.39, 0.29) is 11.9 Å².